The molecule has 0 unspecified atom stereocenters. The number of sulfone groups is 1. The van der Waals surface area contributed by atoms with Crippen LogP contribution in [0.15, 0.2) is 12.4 Å². The molecule has 9 heteroatoms. The van der Waals surface area contributed by atoms with Crippen molar-refractivity contribution in [2.45, 2.75) is 38.1 Å². The maximum atomic E-state index is 12.8. The standard InChI is InChI=1S/C19H29N5O3S/c25-19(24-8-4-16(5-9-24)22-6-2-1-3-7-22)17-14-21-18(15-20-17)23-10-12-28(26,27)13-11-23/h14-16H,1-13H2. The van der Waals surface area contributed by atoms with Crippen molar-refractivity contribution in [2.24, 2.45) is 0 Å². The number of carbonyl (C=O) groups excluding carboxylic acids is 1. The molecule has 0 saturated carbocycles. The summed E-state index contributed by atoms with van der Waals surface area (Å²) in [6.07, 6.45) is 9.10. The Hall–Kier alpha value is -1.74. The van der Waals surface area contributed by atoms with Crippen molar-refractivity contribution in [1.82, 2.24) is 19.8 Å². The number of amides is 1. The molecule has 1 aromatic rings. The molecular weight excluding hydrogens is 378 g/mol. The van der Waals surface area contributed by atoms with Crippen LogP contribution in [0.25, 0.3) is 0 Å². The lowest BCUT2D eigenvalue weighted by Gasteiger charge is -2.40. The summed E-state index contributed by atoms with van der Waals surface area (Å²) in [4.78, 5) is 27.9. The first kappa shape index (κ1) is 19.6. The van der Waals surface area contributed by atoms with Gasteiger partial charge in [-0.1, -0.05) is 6.42 Å². The number of hydrogen-bond donors (Lipinski definition) is 0. The van der Waals surface area contributed by atoms with Crippen LogP contribution >= 0.6 is 0 Å². The number of anilines is 1. The second-order valence-corrected chi connectivity index (χ2v) is 10.3. The number of nitrogens with zero attached hydrogens (tertiary/aromatic N) is 5. The minimum atomic E-state index is -2.93. The van der Waals surface area contributed by atoms with Gasteiger partial charge in [-0.05, 0) is 38.8 Å². The second-order valence-electron chi connectivity index (χ2n) is 8.02. The van der Waals surface area contributed by atoms with Crippen LogP contribution < -0.4 is 4.90 Å². The Bertz CT molecular complexity index is 770. The lowest BCUT2D eigenvalue weighted by molar-refractivity contribution is 0.0584. The lowest BCUT2D eigenvalue weighted by Crippen LogP contribution is -2.48. The zero-order valence-corrected chi connectivity index (χ0v) is 17.1. The minimum absolute atomic E-state index is 0.0580. The van der Waals surface area contributed by atoms with Gasteiger partial charge < -0.3 is 14.7 Å². The van der Waals surface area contributed by atoms with Crippen molar-refractivity contribution < 1.29 is 13.2 Å². The average Bonchev–Trinajstić information content (AvgIpc) is 2.74. The van der Waals surface area contributed by atoms with Gasteiger partial charge in [0.25, 0.3) is 5.91 Å². The van der Waals surface area contributed by atoms with Crippen molar-refractivity contribution in [3.8, 4) is 0 Å². The Morgan fingerprint density at radius 1 is 0.893 bits per heavy atom. The van der Waals surface area contributed by atoms with Crippen LogP contribution in [0.1, 0.15) is 42.6 Å². The summed E-state index contributed by atoms with van der Waals surface area (Å²) in [6.45, 7) is 4.79. The third-order valence-electron chi connectivity index (χ3n) is 6.18. The lowest BCUT2D eigenvalue weighted by atomic mass is 10.00. The van der Waals surface area contributed by atoms with Gasteiger partial charge in [0, 0.05) is 32.2 Å². The number of piperidine rings is 2. The van der Waals surface area contributed by atoms with E-state index in [9.17, 15) is 13.2 Å². The molecule has 3 fully saturated rings. The smallest absolute Gasteiger partial charge is 0.274 e. The van der Waals surface area contributed by atoms with Crippen LogP contribution in [-0.2, 0) is 9.84 Å². The fourth-order valence-electron chi connectivity index (χ4n) is 4.42. The average molecular weight is 408 g/mol. The van der Waals surface area contributed by atoms with E-state index in [0.29, 0.717) is 30.6 Å². The number of rotatable bonds is 3. The number of aromatic nitrogens is 2. The first-order valence-corrected chi connectivity index (χ1v) is 12.1. The van der Waals surface area contributed by atoms with Gasteiger partial charge in [-0.2, -0.15) is 0 Å². The maximum Gasteiger partial charge on any atom is 0.274 e. The van der Waals surface area contributed by atoms with Crippen LogP contribution in [0, 0.1) is 0 Å². The van der Waals surface area contributed by atoms with Gasteiger partial charge in [0.15, 0.2) is 9.84 Å². The van der Waals surface area contributed by atoms with E-state index in [1.54, 1.807) is 6.20 Å². The predicted octanol–water partition coefficient (Wildman–Crippen LogP) is 0.802. The summed E-state index contributed by atoms with van der Waals surface area (Å²) >= 11 is 0. The van der Waals surface area contributed by atoms with Crippen LogP contribution in [0.5, 0.6) is 0 Å². The molecule has 4 heterocycles. The molecule has 1 amide bonds. The highest BCUT2D eigenvalue weighted by molar-refractivity contribution is 7.91. The van der Waals surface area contributed by atoms with Gasteiger partial charge in [-0.15, -0.1) is 0 Å². The van der Waals surface area contributed by atoms with Crippen molar-refractivity contribution in [3.63, 3.8) is 0 Å². The molecule has 28 heavy (non-hydrogen) atoms. The fraction of sp³-hybridized carbons (Fsp3) is 0.737. The summed E-state index contributed by atoms with van der Waals surface area (Å²) in [5.41, 5.74) is 0.366. The highest BCUT2D eigenvalue weighted by Crippen LogP contribution is 2.22. The van der Waals surface area contributed by atoms with E-state index < -0.39 is 9.84 Å². The predicted molar refractivity (Wildman–Crippen MR) is 107 cm³/mol. The molecule has 0 bridgehead atoms. The van der Waals surface area contributed by atoms with E-state index in [1.165, 1.54) is 38.5 Å². The first-order chi connectivity index (χ1) is 13.5. The number of carbonyl (C=O) groups is 1. The molecule has 0 radical (unpaired) electrons. The number of hydrogen-bond acceptors (Lipinski definition) is 7. The van der Waals surface area contributed by atoms with E-state index >= 15 is 0 Å². The van der Waals surface area contributed by atoms with E-state index in [4.69, 9.17) is 0 Å². The van der Waals surface area contributed by atoms with E-state index in [2.05, 4.69) is 14.9 Å². The molecule has 3 saturated heterocycles. The quantitative estimate of drug-likeness (QED) is 0.732. The van der Waals surface area contributed by atoms with E-state index in [0.717, 1.165) is 25.9 Å². The van der Waals surface area contributed by atoms with Crippen LogP contribution in [0.4, 0.5) is 5.82 Å². The number of likely N-dealkylation sites (tertiary alicyclic amines) is 2. The zero-order chi connectivity index (χ0) is 19.6. The van der Waals surface area contributed by atoms with Crippen molar-refractivity contribution >= 4 is 21.6 Å². The van der Waals surface area contributed by atoms with Crippen LogP contribution in [0.3, 0.4) is 0 Å². The molecule has 3 aliphatic heterocycles. The zero-order valence-electron chi connectivity index (χ0n) is 16.3. The van der Waals surface area contributed by atoms with Gasteiger partial charge in [-0.3, -0.25) is 4.79 Å². The minimum Gasteiger partial charge on any atom is -0.353 e. The second kappa shape index (κ2) is 8.32. The van der Waals surface area contributed by atoms with Crippen LogP contribution in [-0.4, -0.2) is 90.9 Å². The molecule has 1 aromatic heterocycles. The molecule has 0 aromatic carbocycles. The summed E-state index contributed by atoms with van der Waals surface area (Å²) < 4.78 is 23.1. The summed E-state index contributed by atoms with van der Waals surface area (Å²) in [6, 6.07) is 0.605. The third-order valence-corrected chi connectivity index (χ3v) is 7.79. The summed E-state index contributed by atoms with van der Waals surface area (Å²) in [5.74, 6) is 0.857. The normalized spacial score (nSPS) is 24.3. The Morgan fingerprint density at radius 2 is 1.57 bits per heavy atom. The van der Waals surface area contributed by atoms with Gasteiger partial charge in [-0.25, -0.2) is 18.4 Å². The molecule has 154 valence electrons. The molecule has 8 nitrogen and oxygen atoms in total. The van der Waals surface area contributed by atoms with Crippen LogP contribution in [0.2, 0.25) is 0 Å². The summed E-state index contributed by atoms with van der Waals surface area (Å²) in [5, 5.41) is 0. The Labute approximate surface area is 166 Å². The SMILES string of the molecule is O=C(c1cnc(N2CCS(=O)(=O)CC2)cn1)N1CCC(N2CCCCC2)CC1. The largest absolute Gasteiger partial charge is 0.353 e. The van der Waals surface area contributed by atoms with Gasteiger partial charge >= 0.3 is 0 Å². The molecule has 0 aliphatic carbocycles. The fourth-order valence-corrected chi connectivity index (χ4v) is 5.62. The maximum absolute atomic E-state index is 12.8. The molecule has 0 spiro atoms. The Kier molecular flexibility index (Phi) is 5.82. The first-order valence-electron chi connectivity index (χ1n) is 10.3. The monoisotopic (exact) mass is 407 g/mol. The van der Waals surface area contributed by atoms with Crippen molar-refractivity contribution in [2.75, 3.05) is 55.7 Å². The van der Waals surface area contributed by atoms with Gasteiger partial charge in [0.05, 0.1) is 23.9 Å². The van der Waals surface area contributed by atoms with Gasteiger partial charge in [0.1, 0.15) is 11.5 Å². The molecule has 0 N–H and O–H groups in total. The summed E-state index contributed by atoms with van der Waals surface area (Å²) in [7, 11) is -2.93. The van der Waals surface area contributed by atoms with Crippen molar-refractivity contribution in [3.05, 3.63) is 18.1 Å². The highest BCUT2D eigenvalue weighted by atomic mass is 32.2. The van der Waals surface area contributed by atoms with E-state index in [-0.39, 0.29) is 17.4 Å². The van der Waals surface area contributed by atoms with Gasteiger partial charge in [0.2, 0.25) is 0 Å². The third kappa shape index (κ3) is 4.46. The molecule has 0 atom stereocenters. The Morgan fingerprint density at radius 3 is 2.18 bits per heavy atom. The highest BCUT2D eigenvalue weighted by Gasteiger charge is 2.29. The molecular formula is C19H29N5O3S. The molecule has 3 aliphatic rings. The van der Waals surface area contributed by atoms with E-state index in [1.807, 2.05) is 9.80 Å². The molecule has 4 rings (SSSR count). The van der Waals surface area contributed by atoms with Crippen molar-refractivity contribution in [1.29, 1.82) is 0 Å². The Balaban J connectivity index is 1.31. The topological polar surface area (TPSA) is 86.7 Å².